The summed E-state index contributed by atoms with van der Waals surface area (Å²) >= 11 is 0. The Hall–Kier alpha value is -6.96. The highest BCUT2D eigenvalue weighted by atomic mass is 16.5. The summed E-state index contributed by atoms with van der Waals surface area (Å²) < 4.78 is 19.9. The summed E-state index contributed by atoms with van der Waals surface area (Å²) in [4.78, 5) is 34.5. The summed E-state index contributed by atoms with van der Waals surface area (Å²) in [5.74, 6) is -0.0445. The molecule has 8 aromatic rings. The average molecular weight is 751 g/mol. The number of nitrogens with zero attached hydrogens (tertiary/aromatic N) is 8. The van der Waals surface area contributed by atoms with Crippen molar-refractivity contribution in [3.63, 3.8) is 0 Å². The number of ether oxygens (including phenoxy) is 2. The van der Waals surface area contributed by atoms with Crippen molar-refractivity contribution in [3.8, 4) is 34.3 Å². The lowest BCUT2D eigenvalue weighted by Gasteiger charge is -2.11. The van der Waals surface area contributed by atoms with E-state index in [0.717, 1.165) is 77.8 Å². The van der Waals surface area contributed by atoms with Crippen LogP contribution in [0, 0.1) is 13.8 Å². The fourth-order valence-electron chi connectivity index (χ4n) is 7.78. The molecule has 4 N–H and O–H groups in total. The summed E-state index contributed by atoms with van der Waals surface area (Å²) in [7, 11) is 3.17. The number of methoxy groups -OCH3 is 2. The van der Waals surface area contributed by atoms with Crippen molar-refractivity contribution in [1.29, 1.82) is 0 Å². The standard InChI is InChI=1S/C42H42N10O4/c1-7-51-35(13-23(3)47-51)31-19-33-29(21-45-31)27-15-25(41(43)53)17-37(55-5)39(27)49(33)11-9-10-12-50-34-20-32(36-14-24(4)48-52(36)8-2)46-22-30(34)28-16-26(42(44)54)18-38(56-6)40(28)50/h9-10,13-22H,7-8,11-12H2,1-6H3,(H2,43,53)(H2,44,54)/b10-9+. The van der Waals surface area contributed by atoms with Gasteiger partial charge in [-0.05, 0) is 76.2 Å². The van der Waals surface area contributed by atoms with Gasteiger partial charge in [-0.2, -0.15) is 10.2 Å². The molecule has 14 nitrogen and oxygen atoms in total. The van der Waals surface area contributed by atoms with Gasteiger partial charge < -0.3 is 30.1 Å². The summed E-state index contributed by atoms with van der Waals surface area (Å²) in [6.07, 6.45) is 7.87. The molecule has 0 unspecified atom stereocenters. The van der Waals surface area contributed by atoms with Gasteiger partial charge in [-0.1, -0.05) is 12.2 Å². The highest BCUT2D eigenvalue weighted by Gasteiger charge is 2.22. The number of allylic oxidation sites excluding steroid dienone is 2. The smallest absolute Gasteiger partial charge is 0.248 e. The lowest BCUT2D eigenvalue weighted by atomic mass is 10.1. The van der Waals surface area contributed by atoms with Crippen LogP contribution in [-0.4, -0.2) is 64.7 Å². The molecule has 2 amide bonds. The Bertz CT molecular complexity index is 2710. The van der Waals surface area contributed by atoms with Crippen LogP contribution in [0.4, 0.5) is 0 Å². The molecule has 6 heterocycles. The molecule has 0 aliphatic rings. The third-order valence-electron chi connectivity index (χ3n) is 10.3. The van der Waals surface area contributed by atoms with Crippen LogP contribution < -0.4 is 20.9 Å². The quantitative estimate of drug-likeness (QED) is 0.132. The number of primary amides is 2. The number of aryl methyl sites for hydroxylation is 4. The van der Waals surface area contributed by atoms with Gasteiger partial charge in [0.1, 0.15) is 11.5 Å². The number of pyridine rings is 2. The van der Waals surface area contributed by atoms with Crippen LogP contribution in [0.25, 0.3) is 66.4 Å². The molecule has 0 aliphatic carbocycles. The average Bonchev–Trinajstić information content (AvgIpc) is 3.95. The molecule has 0 fully saturated rings. The number of benzene rings is 2. The van der Waals surface area contributed by atoms with Crippen molar-refractivity contribution in [2.45, 2.75) is 53.9 Å². The van der Waals surface area contributed by atoms with E-state index in [2.05, 4.69) is 57.5 Å². The Morgan fingerprint density at radius 1 is 0.625 bits per heavy atom. The van der Waals surface area contributed by atoms with Crippen LogP contribution in [0.3, 0.4) is 0 Å². The largest absolute Gasteiger partial charge is 0.495 e. The first kappa shape index (κ1) is 36.0. The maximum Gasteiger partial charge on any atom is 0.248 e. The molecule has 8 rings (SSSR count). The molecule has 0 atom stereocenters. The van der Waals surface area contributed by atoms with Gasteiger partial charge in [-0.25, -0.2) is 0 Å². The number of hydrogen-bond acceptors (Lipinski definition) is 8. The molecule has 0 bridgehead atoms. The zero-order chi connectivity index (χ0) is 39.4. The maximum absolute atomic E-state index is 12.4. The molecule has 0 saturated carbocycles. The summed E-state index contributed by atoms with van der Waals surface area (Å²) in [6, 6.07) is 15.1. The SMILES string of the molecule is CCn1nc(C)cc1-c1cc2c(cn1)c1cc(C(N)=O)cc(OC)c1n2C/C=C/Cn1c2cc(-c3cc(C)nn3CC)ncc2c2cc(C(N)=O)cc(OC)c21. The third-order valence-corrected chi connectivity index (χ3v) is 10.3. The summed E-state index contributed by atoms with van der Waals surface area (Å²) in [6.45, 7) is 10.3. The van der Waals surface area contributed by atoms with E-state index in [1.165, 1.54) is 0 Å². The molecule has 56 heavy (non-hydrogen) atoms. The molecule has 0 radical (unpaired) electrons. The van der Waals surface area contributed by atoms with Crippen LogP contribution >= 0.6 is 0 Å². The van der Waals surface area contributed by atoms with Crippen molar-refractivity contribution in [2.75, 3.05) is 14.2 Å². The second-order valence-electron chi connectivity index (χ2n) is 13.7. The lowest BCUT2D eigenvalue weighted by Crippen LogP contribution is -2.11. The van der Waals surface area contributed by atoms with Crippen LogP contribution in [0.15, 0.2) is 73.1 Å². The van der Waals surface area contributed by atoms with E-state index < -0.39 is 11.8 Å². The van der Waals surface area contributed by atoms with Crippen LogP contribution in [0.1, 0.15) is 46.0 Å². The van der Waals surface area contributed by atoms with E-state index in [9.17, 15) is 9.59 Å². The molecule has 0 aliphatic heterocycles. The Morgan fingerprint density at radius 3 is 1.39 bits per heavy atom. The zero-order valence-electron chi connectivity index (χ0n) is 32.1. The number of rotatable bonds is 12. The fourth-order valence-corrected chi connectivity index (χ4v) is 7.78. The Balaban J connectivity index is 1.28. The van der Waals surface area contributed by atoms with Gasteiger partial charge in [0.25, 0.3) is 0 Å². The first-order valence-corrected chi connectivity index (χ1v) is 18.4. The molecular weight excluding hydrogens is 709 g/mol. The van der Waals surface area contributed by atoms with Gasteiger partial charge >= 0.3 is 0 Å². The molecular formula is C42H42N10O4. The minimum atomic E-state index is -0.546. The highest BCUT2D eigenvalue weighted by Crippen LogP contribution is 2.39. The number of carbonyl (C=O) groups excluding carboxylic acids is 2. The summed E-state index contributed by atoms with van der Waals surface area (Å²) in [5.41, 5.74) is 20.8. The number of aromatic nitrogens is 8. The molecule has 0 spiro atoms. The van der Waals surface area contributed by atoms with Gasteiger partial charge in [-0.3, -0.25) is 28.9 Å². The molecule has 6 aromatic heterocycles. The van der Waals surface area contributed by atoms with E-state index in [0.29, 0.717) is 48.8 Å². The molecule has 14 heteroatoms. The van der Waals surface area contributed by atoms with Crippen molar-refractivity contribution >= 4 is 55.4 Å². The fraction of sp³-hybridized carbons (Fsp3) is 0.238. The van der Waals surface area contributed by atoms with Crippen LogP contribution in [0.5, 0.6) is 11.5 Å². The predicted octanol–water partition coefficient (Wildman–Crippen LogP) is 6.55. The lowest BCUT2D eigenvalue weighted by molar-refractivity contribution is 0.0991. The molecule has 284 valence electrons. The van der Waals surface area contributed by atoms with Crippen molar-refractivity contribution in [2.24, 2.45) is 11.5 Å². The van der Waals surface area contributed by atoms with Crippen molar-refractivity contribution in [3.05, 3.63) is 95.6 Å². The minimum absolute atomic E-state index is 0.346. The Kier molecular flexibility index (Phi) is 9.03. The number of amides is 2. The third kappa shape index (κ3) is 5.90. The first-order chi connectivity index (χ1) is 27.0. The topological polar surface area (TPSA) is 176 Å². The molecule has 0 saturated heterocycles. The Morgan fingerprint density at radius 2 is 1.04 bits per heavy atom. The molecule has 2 aromatic carbocycles. The summed E-state index contributed by atoms with van der Waals surface area (Å²) in [5, 5.41) is 12.6. The zero-order valence-corrected chi connectivity index (χ0v) is 32.1. The normalized spacial score (nSPS) is 11.9. The Labute approximate surface area is 321 Å². The van der Waals surface area contributed by atoms with Gasteiger partial charge in [0.05, 0.1) is 70.4 Å². The number of hydrogen-bond donors (Lipinski definition) is 2. The number of carbonyl (C=O) groups is 2. The maximum atomic E-state index is 12.4. The second kappa shape index (κ2) is 14.0. The minimum Gasteiger partial charge on any atom is -0.495 e. The second-order valence-corrected chi connectivity index (χ2v) is 13.7. The predicted molar refractivity (Wildman–Crippen MR) is 217 cm³/mol. The van der Waals surface area contributed by atoms with E-state index >= 15 is 0 Å². The van der Waals surface area contributed by atoms with E-state index in [1.54, 1.807) is 38.5 Å². The van der Waals surface area contributed by atoms with Crippen LogP contribution in [-0.2, 0) is 26.2 Å². The van der Waals surface area contributed by atoms with Crippen LogP contribution in [0.2, 0.25) is 0 Å². The van der Waals surface area contributed by atoms with Crippen molar-refractivity contribution < 1.29 is 19.1 Å². The number of fused-ring (bicyclic) bond motifs is 6. The van der Waals surface area contributed by atoms with Gasteiger partial charge in [0.2, 0.25) is 11.8 Å². The van der Waals surface area contributed by atoms with E-state index in [1.807, 2.05) is 47.7 Å². The van der Waals surface area contributed by atoms with E-state index in [-0.39, 0.29) is 0 Å². The van der Waals surface area contributed by atoms with Gasteiger partial charge in [-0.15, -0.1) is 0 Å². The van der Waals surface area contributed by atoms with Gasteiger partial charge in [0, 0.05) is 71.2 Å². The highest BCUT2D eigenvalue weighted by molar-refractivity contribution is 6.14. The van der Waals surface area contributed by atoms with Gasteiger partial charge in [0.15, 0.2) is 0 Å². The monoisotopic (exact) mass is 750 g/mol. The van der Waals surface area contributed by atoms with E-state index in [4.69, 9.17) is 30.9 Å². The number of nitrogens with two attached hydrogens (primary N) is 2. The van der Waals surface area contributed by atoms with Crippen molar-refractivity contribution in [1.82, 2.24) is 38.7 Å². The first-order valence-electron chi connectivity index (χ1n) is 18.4.